The first kappa shape index (κ1) is 16.3. The summed E-state index contributed by atoms with van der Waals surface area (Å²) in [6.45, 7) is 4.46. The van der Waals surface area contributed by atoms with Gasteiger partial charge in [0, 0.05) is 4.88 Å². The first-order valence-corrected chi connectivity index (χ1v) is 9.08. The molecule has 21 heavy (non-hydrogen) atoms. The van der Waals surface area contributed by atoms with Gasteiger partial charge in [-0.25, -0.2) is 0 Å². The molecule has 1 aliphatic rings. The molecule has 2 heteroatoms. The molecule has 0 unspecified atom stereocenters. The van der Waals surface area contributed by atoms with Crippen molar-refractivity contribution in [2.75, 3.05) is 13.1 Å². The third kappa shape index (κ3) is 6.03. The summed E-state index contributed by atoms with van der Waals surface area (Å²) in [4.78, 5) is 1.48. The van der Waals surface area contributed by atoms with Crippen molar-refractivity contribution >= 4 is 11.3 Å². The predicted octanol–water partition coefficient (Wildman–Crippen LogP) is 4.86. The van der Waals surface area contributed by atoms with E-state index in [0.717, 1.165) is 13.1 Å². The molecule has 1 nitrogen and oxygen atoms in total. The topological polar surface area (TPSA) is 12.0 Å². The summed E-state index contributed by atoms with van der Waals surface area (Å²) in [5.74, 6) is 0. The molecule has 1 N–H and O–H groups in total. The van der Waals surface area contributed by atoms with Crippen LogP contribution in [0.5, 0.6) is 0 Å². The van der Waals surface area contributed by atoms with E-state index >= 15 is 0 Å². The minimum Gasteiger partial charge on any atom is -0.316 e. The molecular weight excluding hydrogens is 274 g/mol. The van der Waals surface area contributed by atoms with Crippen LogP contribution in [0.2, 0.25) is 0 Å². The maximum Gasteiger partial charge on any atom is 0.00578 e. The molecule has 0 spiro atoms. The first-order valence-electron chi connectivity index (χ1n) is 8.20. The lowest BCUT2D eigenvalue weighted by molar-refractivity contribution is 0.674. The monoisotopic (exact) mass is 301 g/mol. The van der Waals surface area contributed by atoms with Gasteiger partial charge in [-0.1, -0.05) is 37.3 Å². The highest BCUT2D eigenvalue weighted by Gasteiger charge is 2.05. The standard InChI is InChI=1S/C10H12.C9H15NS/c1-2-6-10-8-4-3-7-9(10)5-1;1-2-6-10-7-5-9-4-3-8-11-9/h1-2,5-6H,3-4,7-8H2;3-4,8,10H,2,5-7H2,1H3. The molecule has 0 saturated heterocycles. The van der Waals surface area contributed by atoms with Crippen molar-refractivity contribution in [3.05, 3.63) is 57.8 Å². The van der Waals surface area contributed by atoms with Gasteiger partial charge in [-0.05, 0) is 74.2 Å². The summed E-state index contributed by atoms with van der Waals surface area (Å²) < 4.78 is 0. The van der Waals surface area contributed by atoms with Gasteiger partial charge in [0.2, 0.25) is 0 Å². The van der Waals surface area contributed by atoms with E-state index in [1.54, 1.807) is 11.1 Å². The second kappa shape index (κ2) is 9.75. The molecule has 0 bridgehead atoms. The molecule has 2 aromatic rings. The highest BCUT2D eigenvalue weighted by molar-refractivity contribution is 7.09. The number of nitrogens with one attached hydrogen (secondary N) is 1. The van der Waals surface area contributed by atoms with Gasteiger partial charge in [-0.3, -0.25) is 0 Å². The fraction of sp³-hybridized carbons (Fsp3) is 0.474. The van der Waals surface area contributed by atoms with Crippen molar-refractivity contribution in [3.63, 3.8) is 0 Å². The van der Waals surface area contributed by atoms with Crippen molar-refractivity contribution in [2.24, 2.45) is 0 Å². The van der Waals surface area contributed by atoms with Crippen LogP contribution in [0.15, 0.2) is 41.8 Å². The Hall–Kier alpha value is -1.12. The van der Waals surface area contributed by atoms with Crippen LogP contribution in [0.1, 0.15) is 42.2 Å². The van der Waals surface area contributed by atoms with Crippen molar-refractivity contribution in [1.29, 1.82) is 0 Å². The van der Waals surface area contributed by atoms with E-state index in [1.807, 2.05) is 11.3 Å². The van der Waals surface area contributed by atoms with Gasteiger partial charge in [-0.2, -0.15) is 0 Å². The van der Waals surface area contributed by atoms with Crippen LogP contribution < -0.4 is 5.32 Å². The number of benzene rings is 1. The third-order valence-corrected chi connectivity index (χ3v) is 4.75. The van der Waals surface area contributed by atoms with Crippen LogP contribution in [-0.4, -0.2) is 13.1 Å². The van der Waals surface area contributed by atoms with Gasteiger partial charge >= 0.3 is 0 Å². The smallest absolute Gasteiger partial charge is 0.00578 e. The molecule has 0 saturated carbocycles. The summed E-state index contributed by atoms with van der Waals surface area (Å²) in [5, 5.41) is 5.51. The van der Waals surface area contributed by atoms with E-state index in [9.17, 15) is 0 Å². The lowest BCUT2D eigenvalue weighted by Gasteiger charge is -2.13. The Balaban J connectivity index is 0.000000154. The molecule has 1 heterocycles. The lowest BCUT2D eigenvalue weighted by atomic mass is 9.92. The largest absolute Gasteiger partial charge is 0.316 e. The molecule has 0 fully saturated rings. The minimum atomic E-state index is 1.12. The van der Waals surface area contributed by atoms with Gasteiger partial charge in [0.15, 0.2) is 0 Å². The van der Waals surface area contributed by atoms with E-state index in [2.05, 4.69) is 54.0 Å². The van der Waals surface area contributed by atoms with E-state index < -0.39 is 0 Å². The molecule has 0 atom stereocenters. The summed E-state index contributed by atoms with van der Waals surface area (Å²) in [6, 6.07) is 13.1. The Morgan fingerprint density at radius 1 is 0.952 bits per heavy atom. The van der Waals surface area contributed by atoms with Crippen molar-refractivity contribution in [3.8, 4) is 0 Å². The highest BCUT2D eigenvalue weighted by Crippen LogP contribution is 2.19. The van der Waals surface area contributed by atoms with Crippen molar-refractivity contribution in [2.45, 2.75) is 45.4 Å². The Morgan fingerprint density at radius 2 is 1.67 bits per heavy atom. The number of hydrogen-bond acceptors (Lipinski definition) is 2. The molecule has 0 amide bonds. The minimum absolute atomic E-state index is 1.12. The van der Waals surface area contributed by atoms with Crippen molar-refractivity contribution in [1.82, 2.24) is 5.32 Å². The molecule has 0 aliphatic heterocycles. The van der Waals surface area contributed by atoms with Crippen LogP contribution in [0.3, 0.4) is 0 Å². The molecule has 114 valence electrons. The van der Waals surface area contributed by atoms with Crippen LogP contribution in [0, 0.1) is 0 Å². The SMILES string of the molecule is CCCNCCc1cccs1.c1ccc2c(c1)CCCC2. The van der Waals surface area contributed by atoms with Crippen LogP contribution in [0.4, 0.5) is 0 Å². The van der Waals surface area contributed by atoms with Crippen LogP contribution >= 0.6 is 11.3 Å². The fourth-order valence-corrected chi connectivity index (χ4v) is 3.35. The quantitative estimate of drug-likeness (QED) is 0.778. The average Bonchev–Trinajstić information content (AvgIpc) is 3.06. The van der Waals surface area contributed by atoms with Gasteiger partial charge in [-0.15, -0.1) is 11.3 Å². The number of thiophene rings is 1. The fourth-order valence-electron chi connectivity index (χ4n) is 2.64. The van der Waals surface area contributed by atoms with Gasteiger partial charge in [0.25, 0.3) is 0 Å². The number of aryl methyl sites for hydroxylation is 2. The highest BCUT2D eigenvalue weighted by atomic mass is 32.1. The molecule has 1 aliphatic carbocycles. The van der Waals surface area contributed by atoms with Crippen LogP contribution in [0.25, 0.3) is 0 Å². The van der Waals surface area contributed by atoms with E-state index in [4.69, 9.17) is 0 Å². The average molecular weight is 301 g/mol. The Kier molecular flexibility index (Phi) is 7.55. The number of fused-ring (bicyclic) bond motifs is 1. The zero-order valence-electron chi connectivity index (χ0n) is 13.1. The summed E-state index contributed by atoms with van der Waals surface area (Å²) in [6.07, 6.45) is 7.78. The number of rotatable bonds is 5. The zero-order valence-corrected chi connectivity index (χ0v) is 13.9. The number of hydrogen-bond donors (Lipinski definition) is 1. The Bertz CT molecular complexity index is 465. The second-order valence-corrected chi connectivity index (χ2v) is 6.59. The normalized spacial score (nSPS) is 13.2. The maximum absolute atomic E-state index is 3.38. The first-order chi connectivity index (χ1) is 10.4. The predicted molar refractivity (Wildman–Crippen MR) is 94.3 cm³/mol. The molecule has 1 aromatic heterocycles. The van der Waals surface area contributed by atoms with E-state index in [-0.39, 0.29) is 0 Å². The lowest BCUT2D eigenvalue weighted by Crippen LogP contribution is -2.17. The second-order valence-electron chi connectivity index (χ2n) is 5.56. The molecule has 3 rings (SSSR count). The van der Waals surface area contributed by atoms with E-state index in [1.165, 1.54) is 43.4 Å². The Labute approximate surface area is 133 Å². The zero-order chi connectivity index (χ0) is 14.8. The molecule has 1 aromatic carbocycles. The summed E-state index contributed by atoms with van der Waals surface area (Å²) >= 11 is 1.84. The maximum atomic E-state index is 3.38. The molecule has 0 radical (unpaired) electrons. The van der Waals surface area contributed by atoms with Crippen molar-refractivity contribution < 1.29 is 0 Å². The Morgan fingerprint density at radius 3 is 2.24 bits per heavy atom. The van der Waals surface area contributed by atoms with Crippen LogP contribution in [-0.2, 0) is 19.3 Å². The van der Waals surface area contributed by atoms with Gasteiger partial charge in [0.1, 0.15) is 0 Å². The van der Waals surface area contributed by atoms with Gasteiger partial charge < -0.3 is 5.32 Å². The summed E-state index contributed by atoms with van der Waals surface area (Å²) in [5.41, 5.74) is 3.16. The summed E-state index contributed by atoms with van der Waals surface area (Å²) in [7, 11) is 0. The third-order valence-electron chi connectivity index (χ3n) is 3.82. The van der Waals surface area contributed by atoms with Gasteiger partial charge in [0.05, 0.1) is 0 Å². The van der Waals surface area contributed by atoms with E-state index in [0.29, 0.717) is 0 Å². The molecular formula is C19H27NS.